The molecule has 0 saturated carbocycles. The van der Waals surface area contributed by atoms with Crippen LogP contribution in [-0.4, -0.2) is 12.7 Å². The first-order valence-electron chi connectivity index (χ1n) is 3.49. The summed E-state index contributed by atoms with van der Waals surface area (Å²) in [4.78, 5) is 0. The zero-order valence-electron chi connectivity index (χ0n) is 6.76. The van der Waals surface area contributed by atoms with E-state index in [-0.39, 0.29) is 44.7 Å². The summed E-state index contributed by atoms with van der Waals surface area (Å²) in [7, 11) is 0. The predicted molar refractivity (Wildman–Crippen MR) is 38.1 cm³/mol. The third-order valence-electron chi connectivity index (χ3n) is 1.53. The summed E-state index contributed by atoms with van der Waals surface area (Å²) in [5.74, 6) is 0. The topological polar surface area (TPSA) is 9.23 Å². The molecule has 0 unspecified atom stereocenters. The van der Waals surface area contributed by atoms with Crippen molar-refractivity contribution in [2.75, 3.05) is 6.61 Å². The van der Waals surface area contributed by atoms with Crippen LogP contribution in [0.1, 0.15) is 19.3 Å². The molecule has 1 atom stereocenters. The standard InChI is InChI=1S/C8H13O.BrH.Hg/c1-2-3-5-8-6-4-7-9-8;;/h2,5,8H,1,3-4,6-7H2;1H;/q;;+1/p-1/t8-;;/m1../s1. The molecule has 1 saturated heterocycles. The molecule has 1 aliphatic heterocycles. The monoisotopic (exact) mass is 406 g/mol. The fraction of sp³-hybridized carbons (Fsp3) is 0.625. The molecular weight excluding hydrogens is 393 g/mol. The van der Waals surface area contributed by atoms with Crippen LogP contribution in [0, 0.1) is 6.42 Å². The van der Waals surface area contributed by atoms with Crippen molar-refractivity contribution in [3.05, 3.63) is 19.1 Å². The maximum Gasteiger partial charge on any atom is 1.00 e. The molecule has 2 radical (unpaired) electrons. The molecule has 1 rings (SSSR count). The van der Waals surface area contributed by atoms with Crippen molar-refractivity contribution < 1.29 is 49.4 Å². The van der Waals surface area contributed by atoms with Gasteiger partial charge in [0.05, 0.1) is 6.10 Å². The molecule has 0 amide bonds. The van der Waals surface area contributed by atoms with Crippen LogP contribution in [0.4, 0.5) is 0 Å². The van der Waals surface area contributed by atoms with Gasteiger partial charge >= 0.3 is 27.7 Å². The van der Waals surface area contributed by atoms with Gasteiger partial charge in [-0.05, 0) is 25.7 Å². The maximum atomic E-state index is 5.35. The Morgan fingerprint density at radius 3 is 2.73 bits per heavy atom. The van der Waals surface area contributed by atoms with E-state index in [9.17, 15) is 0 Å². The second kappa shape index (κ2) is 9.21. The Labute approximate surface area is 99.9 Å². The van der Waals surface area contributed by atoms with Crippen molar-refractivity contribution in [2.24, 2.45) is 0 Å². The number of allylic oxidation sites excluding steroid dienone is 1. The minimum Gasteiger partial charge on any atom is -1.00 e. The van der Waals surface area contributed by atoms with E-state index >= 15 is 0 Å². The molecule has 1 fully saturated rings. The van der Waals surface area contributed by atoms with Crippen LogP contribution >= 0.6 is 0 Å². The Morgan fingerprint density at radius 2 is 2.27 bits per heavy atom. The summed E-state index contributed by atoms with van der Waals surface area (Å²) in [6, 6.07) is 0. The molecule has 0 aromatic carbocycles. The summed E-state index contributed by atoms with van der Waals surface area (Å²) in [6.07, 6.45) is 7.90. The molecule has 11 heavy (non-hydrogen) atoms. The van der Waals surface area contributed by atoms with E-state index in [1.165, 1.54) is 12.8 Å². The van der Waals surface area contributed by atoms with E-state index in [2.05, 4.69) is 13.0 Å². The normalized spacial score (nSPS) is 21.6. The van der Waals surface area contributed by atoms with Gasteiger partial charge in [-0.25, -0.2) is 0 Å². The van der Waals surface area contributed by atoms with Crippen molar-refractivity contribution in [3.8, 4) is 0 Å². The molecular formula is C8H13BrHgO. The smallest absolute Gasteiger partial charge is 1.00 e. The van der Waals surface area contributed by atoms with Crippen molar-refractivity contribution in [2.45, 2.75) is 25.4 Å². The third-order valence-corrected chi connectivity index (χ3v) is 1.53. The average molecular weight is 406 g/mol. The van der Waals surface area contributed by atoms with E-state index in [0.29, 0.717) is 6.10 Å². The molecule has 1 aliphatic rings. The van der Waals surface area contributed by atoms with E-state index in [4.69, 9.17) is 4.74 Å². The van der Waals surface area contributed by atoms with Crippen LogP contribution in [0.25, 0.3) is 0 Å². The molecule has 1 heterocycles. The van der Waals surface area contributed by atoms with Crippen molar-refractivity contribution in [1.82, 2.24) is 0 Å². The van der Waals surface area contributed by atoms with Gasteiger partial charge < -0.3 is 21.7 Å². The Balaban J connectivity index is 0. The van der Waals surface area contributed by atoms with Crippen molar-refractivity contribution >= 4 is 0 Å². The minimum atomic E-state index is 0. The fourth-order valence-electron chi connectivity index (χ4n) is 1.04. The summed E-state index contributed by atoms with van der Waals surface area (Å²) in [5.41, 5.74) is 0. The molecule has 3 heteroatoms. The van der Waals surface area contributed by atoms with Crippen molar-refractivity contribution in [3.63, 3.8) is 0 Å². The van der Waals surface area contributed by atoms with Gasteiger partial charge in [0, 0.05) is 6.61 Å². The van der Waals surface area contributed by atoms with Crippen LogP contribution in [0.5, 0.6) is 0 Å². The molecule has 0 bridgehead atoms. The Hall–Kier alpha value is 1.12. The molecule has 1 nitrogen and oxygen atoms in total. The molecule has 60 valence electrons. The molecule has 0 N–H and O–H groups in total. The van der Waals surface area contributed by atoms with Gasteiger partial charge in [0.25, 0.3) is 0 Å². The largest absolute Gasteiger partial charge is 1.00 e. The number of hydrogen-bond donors (Lipinski definition) is 0. The first-order valence-corrected chi connectivity index (χ1v) is 3.49. The molecule has 0 aliphatic carbocycles. The minimum absolute atomic E-state index is 0. The Kier molecular flexibility index (Phi) is 12.2. The fourth-order valence-corrected chi connectivity index (χ4v) is 1.04. The Bertz CT molecular complexity index is 92.1. The Morgan fingerprint density at radius 1 is 1.55 bits per heavy atom. The van der Waals surface area contributed by atoms with E-state index in [1.54, 1.807) is 0 Å². The van der Waals surface area contributed by atoms with Gasteiger partial charge in [-0.1, -0.05) is 6.08 Å². The van der Waals surface area contributed by atoms with Gasteiger partial charge in [0.2, 0.25) is 0 Å². The first-order chi connectivity index (χ1) is 4.43. The van der Waals surface area contributed by atoms with Crippen LogP contribution in [-0.2, 0) is 32.4 Å². The molecule has 0 aromatic rings. The summed E-state index contributed by atoms with van der Waals surface area (Å²) in [5, 5.41) is 0. The summed E-state index contributed by atoms with van der Waals surface area (Å²) in [6.45, 7) is 4.58. The second-order valence-electron chi connectivity index (χ2n) is 2.31. The average Bonchev–Trinajstić information content (AvgIpc) is 2.34. The first kappa shape index (κ1) is 14.6. The van der Waals surface area contributed by atoms with Crippen LogP contribution in [0.3, 0.4) is 0 Å². The molecule has 0 spiro atoms. The quantitative estimate of drug-likeness (QED) is 0.430. The second-order valence-corrected chi connectivity index (χ2v) is 2.31. The van der Waals surface area contributed by atoms with Gasteiger partial charge in [-0.2, -0.15) is 0 Å². The summed E-state index contributed by atoms with van der Waals surface area (Å²) < 4.78 is 5.35. The van der Waals surface area contributed by atoms with Crippen molar-refractivity contribution in [1.29, 1.82) is 0 Å². The zero-order chi connectivity index (χ0) is 6.53. The predicted octanol–water partition coefficient (Wildman–Crippen LogP) is -1.05. The van der Waals surface area contributed by atoms with Crippen LogP contribution in [0.2, 0.25) is 0 Å². The molecule has 0 aromatic heterocycles. The number of hydrogen-bond acceptors (Lipinski definition) is 1. The van der Waals surface area contributed by atoms with E-state index in [1.807, 2.05) is 6.08 Å². The van der Waals surface area contributed by atoms with Crippen LogP contribution < -0.4 is 17.0 Å². The van der Waals surface area contributed by atoms with Gasteiger partial charge in [-0.3, -0.25) is 0 Å². The zero-order valence-corrected chi connectivity index (χ0v) is 13.8. The third kappa shape index (κ3) is 6.29. The van der Waals surface area contributed by atoms with E-state index < -0.39 is 0 Å². The summed E-state index contributed by atoms with van der Waals surface area (Å²) >= 11 is 0. The van der Waals surface area contributed by atoms with Gasteiger partial charge in [-0.15, -0.1) is 6.58 Å². The maximum absolute atomic E-state index is 5.35. The SMILES string of the molecule is C=CC[CH][C@@H]1CCCO1.[Br-].[Hg+]. The van der Waals surface area contributed by atoms with Crippen LogP contribution in [0.15, 0.2) is 12.7 Å². The van der Waals surface area contributed by atoms with Gasteiger partial charge in [0.1, 0.15) is 0 Å². The number of halogens is 1. The number of ether oxygens (including phenoxy) is 1. The van der Waals surface area contributed by atoms with E-state index in [0.717, 1.165) is 13.0 Å². The van der Waals surface area contributed by atoms with Gasteiger partial charge in [0.15, 0.2) is 0 Å². The number of rotatable bonds is 3.